The number of carbonyl (C=O) groups is 2. The van der Waals surface area contributed by atoms with Gasteiger partial charge in [0.1, 0.15) is 23.5 Å². The molecule has 2 aromatic carbocycles. The Balaban J connectivity index is 1.58. The Morgan fingerprint density at radius 1 is 1.06 bits per heavy atom. The third kappa shape index (κ3) is 6.50. The summed E-state index contributed by atoms with van der Waals surface area (Å²) >= 11 is 7.38. The number of carbonyl (C=O) groups excluding carboxylic acids is 2. The zero-order valence-corrected chi connectivity index (χ0v) is 20.5. The molecule has 1 aliphatic rings. The van der Waals surface area contributed by atoms with Gasteiger partial charge in [-0.15, -0.1) is 11.8 Å². The fourth-order valence-corrected chi connectivity index (χ4v) is 4.18. The number of halogens is 2. The summed E-state index contributed by atoms with van der Waals surface area (Å²) in [7, 11) is 0. The summed E-state index contributed by atoms with van der Waals surface area (Å²) in [5.74, 6) is -0.993. The Kier molecular flexibility index (Phi) is 8.22. The van der Waals surface area contributed by atoms with Crippen LogP contribution in [0.2, 0.25) is 5.02 Å². The quantitative estimate of drug-likeness (QED) is 0.374. The van der Waals surface area contributed by atoms with Gasteiger partial charge in [0, 0.05) is 11.1 Å². The maximum atomic E-state index is 14.0. The molecule has 35 heavy (non-hydrogen) atoms. The van der Waals surface area contributed by atoms with Crippen LogP contribution in [-0.2, 0) is 0 Å². The summed E-state index contributed by atoms with van der Waals surface area (Å²) in [5.41, 5.74) is 0.442. The van der Waals surface area contributed by atoms with E-state index in [0.717, 1.165) is 36.9 Å². The van der Waals surface area contributed by atoms with Gasteiger partial charge >= 0.3 is 0 Å². The first-order valence-corrected chi connectivity index (χ1v) is 12.6. The molecular weight excluding hydrogens is 491 g/mol. The first-order valence-electron chi connectivity index (χ1n) is 11.0. The van der Waals surface area contributed by atoms with E-state index >= 15 is 0 Å². The van der Waals surface area contributed by atoms with Crippen LogP contribution >= 0.6 is 23.4 Å². The van der Waals surface area contributed by atoms with Gasteiger partial charge in [-0.3, -0.25) is 9.59 Å². The zero-order chi connectivity index (χ0) is 24.8. The smallest absolute Gasteiger partial charge is 0.259 e. The predicted octanol–water partition coefficient (Wildman–Crippen LogP) is 5.23. The van der Waals surface area contributed by atoms with Gasteiger partial charge in [-0.25, -0.2) is 9.37 Å². The zero-order valence-electron chi connectivity index (χ0n) is 18.9. The molecule has 0 radical (unpaired) electrons. The van der Waals surface area contributed by atoms with E-state index in [1.807, 2.05) is 18.4 Å². The van der Waals surface area contributed by atoms with Gasteiger partial charge in [-0.1, -0.05) is 11.6 Å². The maximum absolute atomic E-state index is 14.0. The normalized spacial score (nSPS) is 13.8. The lowest BCUT2D eigenvalue weighted by atomic mass is 10.1. The molecule has 0 saturated carbocycles. The van der Waals surface area contributed by atoms with E-state index < -0.39 is 17.6 Å². The van der Waals surface area contributed by atoms with Crippen LogP contribution in [0.1, 0.15) is 33.6 Å². The number of hydrogen-bond acceptors (Lipinski definition) is 6. The lowest BCUT2D eigenvalue weighted by Crippen LogP contribution is -2.34. The number of hydrogen-bond donors (Lipinski definition) is 3. The first-order chi connectivity index (χ1) is 16.9. The number of benzene rings is 2. The lowest BCUT2D eigenvalue weighted by Gasteiger charge is -2.25. The number of rotatable bonds is 7. The van der Waals surface area contributed by atoms with Crippen molar-refractivity contribution in [2.45, 2.75) is 23.8 Å². The molecule has 1 aliphatic heterocycles. The topological polar surface area (TPSA) is 92.4 Å². The highest BCUT2D eigenvalue weighted by Gasteiger charge is 2.22. The molecule has 3 N–H and O–H groups in total. The molecular formula is C25H24ClFN4O3S. The fourth-order valence-electron chi connectivity index (χ4n) is 3.64. The van der Waals surface area contributed by atoms with E-state index in [2.05, 4.69) is 20.9 Å². The van der Waals surface area contributed by atoms with Gasteiger partial charge in [0.05, 0.1) is 21.8 Å². The highest BCUT2D eigenvalue weighted by atomic mass is 35.5. The van der Waals surface area contributed by atoms with Crippen LogP contribution in [0.3, 0.4) is 0 Å². The molecule has 3 aromatic rings. The number of amides is 2. The second kappa shape index (κ2) is 11.5. The van der Waals surface area contributed by atoms with E-state index in [9.17, 15) is 14.0 Å². The van der Waals surface area contributed by atoms with Crippen molar-refractivity contribution in [1.29, 1.82) is 0 Å². The van der Waals surface area contributed by atoms with Gasteiger partial charge < -0.3 is 20.7 Å². The van der Waals surface area contributed by atoms with Crippen LogP contribution in [0, 0.1) is 5.82 Å². The Labute approximate surface area is 211 Å². The minimum atomic E-state index is -0.626. The van der Waals surface area contributed by atoms with E-state index in [1.165, 1.54) is 24.4 Å². The molecule has 182 valence electrons. The van der Waals surface area contributed by atoms with Crippen molar-refractivity contribution >= 4 is 46.7 Å². The van der Waals surface area contributed by atoms with Crippen LogP contribution < -0.4 is 20.7 Å². The van der Waals surface area contributed by atoms with Gasteiger partial charge in [0.25, 0.3) is 11.8 Å². The molecule has 1 saturated heterocycles. The molecule has 7 nitrogen and oxygen atoms in total. The number of nitrogens with zero attached hydrogens (tertiary/aromatic N) is 1. The third-order valence-corrected chi connectivity index (χ3v) is 6.41. The molecule has 4 rings (SSSR count). The van der Waals surface area contributed by atoms with Gasteiger partial charge in [-0.2, -0.15) is 0 Å². The standard InChI is InChI=1S/C25H24ClFN4O3S/c1-35-18-4-5-19(22(13-18)34-17-8-10-28-11-9-17)24(32)30-21-6-3-16(27)12-20(21)25(33)31-23-7-2-15(26)14-29-23/h2-7,12-14,17,28H,8-11H2,1H3,(H,30,32)(H,29,31,33). The maximum Gasteiger partial charge on any atom is 0.259 e. The SMILES string of the molecule is CSc1ccc(C(=O)Nc2ccc(F)cc2C(=O)Nc2ccc(Cl)cn2)c(OC2CCNCC2)c1. The fraction of sp³-hybridized carbons (Fsp3) is 0.240. The summed E-state index contributed by atoms with van der Waals surface area (Å²) in [6, 6.07) is 12.0. The number of pyridine rings is 1. The number of aromatic nitrogens is 1. The Morgan fingerprint density at radius 2 is 1.83 bits per heavy atom. The van der Waals surface area contributed by atoms with E-state index in [0.29, 0.717) is 16.3 Å². The van der Waals surface area contributed by atoms with Crippen LogP contribution in [0.15, 0.2) is 59.6 Å². The average molecular weight is 515 g/mol. The number of piperidine rings is 1. The Morgan fingerprint density at radius 3 is 2.54 bits per heavy atom. The monoisotopic (exact) mass is 514 g/mol. The molecule has 0 spiro atoms. The van der Waals surface area contributed by atoms with Gasteiger partial charge in [-0.05, 0) is 80.7 Å². The molecule has 0 bridgehead atoms. The van der Waals surface area contributed by atoms with Gasteiger partial charge in [0.15, 0.2) is 0 Å². The first kappa shape index (κ1) is 25.0. The molecule has 1 fully saturated rings. The van der Waals surface area contributed by atoms with Crippen molar-refractivity contribution < 1.29 is 18.7 Å². The average Bonchev–Trinajstić information content (AvgIpc) is 2.87. The molecule has 1 aromatic heterocycles. The van der Waals surface area contributed by atoms with Crippen molar-refractivity contribution in [2.24, 2.45) is 0 Å². The van der Waals surface area contributed by atoms with Crippen LogP contribution in [-0.4, -0.2) is 42.2 Å². The molecule has 2 heterocycles. The third-order valence-electron chi connectivity index (χ3n) is 5.46. The lowest BCUT2D eigenvalue weighted by molar-refractivity contribution is 0.101. The summed E-state index contributed by atoms with van der Waals surface area (Å²) in [4.78, 5) is 31.1. The van der Waals surface area contributed by atoms with Crippen molar-refractivity contribution in [1.82, 2.24) is 10.3 Å². The van der Waals surface area contributed by atoms with Crippen molar-refractivity contribution in [3.8, 4) is 5.75 Å². The molecule has 0 aliphatic carbocycles. The van der Waals surface area contributed by atoms with Crippen LogP contribution in [0.4, 0.5) is 15.9 Å². The van der Waals surface area contributed by atoms with E-state index in [-0.39, 0.29) is 23.2 Å². The number of anilines is 2. The highest BCUT2D eigenvalue weighted by molar-refractivity contribution is 7.98. The summed E-state index contributed by atoms with van der Waals surface area (Å²) in [5, 5.41) is 9.03. The summed E-state index contributed by atoms with van der Waals surface area (Å²) < 4.78 is 20.2. The minimum Gasteiger partial charge on any atom is -0.489 e. The molecule has 10 heteroatoms. The van der Waals surface area contributed by atoms with E-state index in [4.69, 9.17) is 16.3 Å². The Hall–Kier alpha value is -3.14. The number of thioether (sulfide) groups is 1. The predicted molar refractivity (Wildman–Crippen MR) is 136 cm³/mol. The summed E-state index contributed by atoms with van der Waals surface area (Å²) in [6.07, 6.45) is 5.01. The minimum absolute atomic E-state index is 0.000980. The molecule has 2 amide bonds. The van der Waals surface area contributed by atoms with Crippen molar-refractivity contribution in [3.63, 3.8) is 0 Å². The molecule has 0 unspecified atom stereocenters. The number of nitrogens with one attached hydrogen (secondary N) is 3. The van der Waals surface area contributed by atoms with Crippen LogP contribution in [0.25, 0.3) is 0 Å². The number of ether oxygens (including phenoxy) is 1. The molecule has 0 atom stereocenters. The largest absolute Gasteiger partial charge is 0.489 e. The second-order valence-electron chi connectivity index (χ2n) is 7.89. The Bertz CT molecular complexity index is 1220. The van der Waals surface area contributed by atoms with Crippen molar-refractivity contribution in [2.75, 3.05) is 30.0 Å². The second-order valence-corrected chi connectivity index (χ2v) is 9.21. The van der Waals surface area contributed by atoms with Crippen LogP contribution in [0.5, 0.6) is 5.75 Å². The highest BCUT2D eigenvalue weighted by Crippen LogP contribution is 2.29. The van der Waals surface area contributed by atoms with Gasteiger partial charge in [0.2, 0.25) is 0 Å². The summed E-state index contributed by atoms with van der Waals surface area (Å²) in [6.45, 7) is 1.70. The van der Waals surface area contributed by atoms with Crippen molar-refractivity contribution in [3.05, 3.63) is 76.7 Å². The van der Waals surface area contributed by atoms with E-state index in [1.54, 1.807) is 23.9 Å².